The third-order valence-electron chi connectivity index (χ3n) is 3.51. The fraction of sp³-hybridized carbons (Fsp3) is 0.600. The van der Waals surface area contributed by atoms with Crippen molar-refractivity contribution in [3.63, 3.8) is 0 Å². The van der Waals surface area contributed by atoms with Gasteiger partial charge in [-0.05, 0) is 46.9 Å². The normalized spacial score (nSPS) is 29.7. The molecule has 17 heavy (non-hydrogen) atoms. The molecule has 3 rings (SSSR count). The smallest absolute Gasteiger partial charge is 0.252 e. The minimum atomic E-state index is -3.29. The number of halogens is 1. The van der Waals surface area contributed by atoms with E-state index in [0.717, 1.165) is 23.3 Å². The highest BCUT2D eigenvalue weighted by Gasteiger charge is 2.44. The second-order valence-corrected chi connectivity index (χ2v) is 9.03. The van der Waals surface area contributed by atoms with E-state index >= 15 is 0 Å². The zero-order valence-corrected chi connectivity index (χ0v) is 12.3. The van der Waals surface area contributed by atoms with Crippen LogP contribution in [-0.4, -0.2) is 38.4 Å². The number of hydrogen-bond acceptors (Lipinski definition) is 4. The summed E-state index contributed by atoms with van der Waals surface area (Å²) in [5, 5.41) is 3.27. The van der Waals surface area contributed by atoms with Crippen LogP contribution in [0.1, 0.15) is 6.42 Å². The predicted octanol–water partition coefficient (Wildman–Crippen LogP) is 1.49. The van der Waals surface area contributed by atoms with Crippen molar-refractivity contribution in [1.82, 2.24) is 9.62 Å². The van der Waals surface area contributed by atoms with Gasteiger partial charge >= 0.3 is 0 Å². The Kier molecular flexibility index (Phi) is 3.07. The Labute approximate surface area is 113 Å². The second-order valence-electron chi connectivity index (χ2n) is 4.45. The van der Waals surface area contributed by atoms with E-state index in [-0.39, 0.29) is 6.04 Å². The molecule has 2 aliphatic heterocycles. The van der Waals surface area contributed by atoms with Crippen LogP contribution in [0.25, 0.3) is 0 Å². The van der Waals surface area contributed by atoms with Gasteiger partial charge in [0.25, 0.3) is 10.0 Å². The van der Waals surface area contributed by atoms with Gasteiger partial charge in [-0.3, -0.25) is 0 Å². The van der Waals surface area contributed by atoms with E-state index in [1.165, 1.54) is 11.3 Å². The summed E-state index contributed by atoms with van der Waals surface area (Å²) in [6.07, 6.45) is 0.976. The summed E-state index contributed by atoms with van der Waals surface area (Å²) in [6.45, 7) is 2.40. The van der Waals surface area contributed by atoms with Crippen LogP contribution in [0.5, 0.6) is 0 Å². The van der Waals surface area contributed by atoms with Gasteiger partial charge in [0.2, 0.25) is 0 Å². The molecule has 94 valence electrons. The Morgan fingerprint density at radius 3 is 2.94 bits per heavy atom. The third-order valence-corrected chi connectivity index (χ3v) is 7.52. The molecule has 1 aromatic rings. The lowest BCUT2D eigenvalue weighted by molar-refractivity contribution is 0.384. The van der Waals surface area contributed by atoms with Gasteiger partial charge in [-0.1, -0.05) is 0 Å². The maximum atomic E-state index is 12.5. The summed E-state index contributed by atoms with van der Waals surface area (Å²) in [5.74, 6) is 0.494. The van der Waals surface area contributed by atoms with Crippen molar-refractivity contribution in [3.8, 4) is 0 Å². The van der Waals surface area contributed by atoms with Gasteiger partial charge < -0.3 is 5.32 Å². The van der Waals surface area contributed by atoms with Gasteiger partial charge in [0.05, 0.1) is 3.79 Å². The van der Waals surface area contributed by atoms with Crippen molar-refractivity contribution in [2.24, 2.45) is 5.92 Å². The van der Waals surface area contributed by atoms with Crippen molar-refractivity contribution in [2.45, 2.75) is 16.7 Å². The lowest BCUT2D eigenvalue weighted by Crippen LogP contribution is -2.38. The second kappa shape index (κ2) is 4.31. The molecule has 0 radical (unpaired) electrons. The largest absolute Gasteiger partial charge is 0.315 e. The predicted molar refractivity (Wildman–Crippen MR) is 70.7 cm³/mol. The molecule has 0 aromatic carbocycles. The SMILES string of the molecule is O=S(=O)(c1ccc(Br)s1)N1CC[C@@H]2CNC[C@@H]21. The monoisotopic (exact) mass is 336 g/mol. The molecule has 2 aliphatic rings. The number of sulfonamides is 1. The summed E-state index contributed by atoms with van der Waals surface area (Å²) in [4.78, 5) is 0. The summed E-state index contributed by atoms with van der Waals surface area (Å²) in [5.41, 5.74) is 0. The fourth-order valence-corrected chi connectivity index (χ4v) is 6.50. The number of nitrogens with zero attached hydrogens (tertiary/aromatic N) is 1. The molecule has 2 fully saturated rings. The maximum absolute atomic E-state index is 12.5. The zero-order chi connectivity index (χ0) is 12.0. The first kappa shape index (κ1) is 12.1. The fourth-order valence-electron chi connectivity index (χ4n) is 2.66. The van der Waals surface area contributed by atoms with Crippen LogP contribution in [0.2, 0.25) is 0 Å². The van der Waals surface area contributed by atoms with E-state index in [1.54, 1.807) is 16.4 Å². The molecule has 2 atom stereocenters. The standard InChI is InChI=1S/C10H13BrN2O2S2/c11-9-1-2-10(16-9)17(14,15)13-4-3-7-5-12-6-8(7)13/h1-2,7-8,12H,3-6H2/t7-,8+/m1/s1. The number of fused-ring (bicyclic) bond motifs is 1. The minimum absolute atomic E-state index is 0.154. The van der Waals surface area contributed by atoms with Crippen molar-refractivity contribution >= 4 is 37.3 Å². The number of nitrogens with one attached hydrogen (secondary N) is 1. The molecular weight excluding hydrogens is 324 g/mol. The molecule has 0 saturated carbocycles. The van der Waals surface area contributed by atoms with Crippen LogP contribution < -0.4 is 5.32 Å². The molecule has 0 unspecified atom stereocenters. The summed E-state index contributed by atoms with van der Waals surface area (Å²) in [7, 11) is -3.29. The highest BCUT2D eigenvalue weighted by molar-refractivity contribution is 9.11. The van der Waals surface area contributed by atoms with E-state index in [4.69, 9.17) is 0 Å². The van der Waals surface area contributed by atoms with Crippen LogP contribution in [0.4, 0.5) is 0 Å². The van der Waals surface area contributed by atoms with Gasteiger partial charge in [-0.2, -0.15) is 4.31 Å². The first-order valence-electron chi connectivity index (χ1n) is 5.57. The van der Waals surface area contributed by atoms with Crippen LogP contribution >= 0.6 is 27.3 Å². The summed E-state index contributed by atoms with van der Waals surface area (Å²) in [6, 6.07) is 3.62. The lowest BCUT2D eigenvalue weighted by atomic mass is 10.1. The van der Waals surface area contributed by atoms with E-state index in [0.29, 0.717) is 16.7 Å². The molecule has 0 aliphatic carbocycles. The molecule has 7 heteroatoms. The van der Waals surface area contributed by atoms with Gasteiger partial charge in [-0.15, -0.1) is 11.3 Å². The number of rotatable bonds is 2. The quantitative estimate of drug-likeness (QED) is 0.890. The molecule has 1 aromatic heterocycles. The topological polar surface area (TPSA) is 49.4 Å². The molecular formula is C10H13BrN2O2S2. The van der Waals surface area contributed by atoms with Gasteiger partial charge in [0.15, 0.2) is 0 Å². The Bertz CT molecular complexity index is 528. The Balaban J connectivity index is 1.93. The van der Waals surface area contributed by atoms with Crippen LogP contribution in [-0.2, 0) is 10.0 Å². The van der Waals surface area contributed by atoms with Gasteiger partial charge in [0.1, 0.15) is 4.21 Å². The lowest BCUT2D eigenvalue weighted by Gasteiger charge is -2.21. The van der Waals surface area contributed by atoms with Crippen molar-refractivity contribution in [1.29, 1.82) is 0 Å². The molecule has 1 N–H and O–H groups in total. The average Bonchev–Trinajstić information content (AvgIpc) is 2.89. The van der Waals surface area contributed by atoms with E-state index in [9.17, 15) is 8.42 Å². The molecule has 0 spiro atoms. The first-order chi connectivity index (χ1) is 8.09. The van der Waals surface area contributed by atoms with Gasteiger partial charge in [-0.25, -0.2) is 8.42 Å². The molecule has 4 nitrogen and oxygen atoms in total. The maximum Gasteiger partial charge on any atom is 0.252 e. The molecule has 2 saturated heterocycles. The van der Waals surface area contributed by atoms with Crippen LogP contribution in [0.15, 0.2) is 20.1 Å². The van der Waals surface area contributed by atoms with Crippen LogP contribution in [0, 0.1) is 5.92 Å². The van der Waals surface area contributed by atoms with Crippen molar-refractivity contribution in [3.05, 3.63) is 15.9 Å². The Morgan fingerprint density at radius 1 is 1.41 bits per heavy atom. The highest BCUT2D eigenvalue weighted by atomic mass is 79.9. The first-order valence-corrected chi connectivity index (χ1v) is 8.62. The zero-order valence-electron chi connectivity index (χ0n) is 9.10. The van der Waals surface area contributed by atoms with E-state index in [1.807, 2.05) is 0 Å². The average molecular weight is 337 g/mol. The molecule has 0 amide bonds. The highest BCUT2D eigenvalue weighted by Crippen LogP contribution is 2.35. The van der Waals surface area contributed by atoms with Gasteiger partial charge in [0, 0.05) is 19.1 Å². The van der Waals surface area contributed by atoms with Crippen molar-refractivity contribution in [2.75, 3.05) is 19.6 Å². The summed E-state index contributed by atoms with van der Waals surface area (Å²) < 4.78 is 27.9. The molecule has 0 bridgehead atoms. The van der Waals surface area contributed by atoms with Crippen LogP contribution in [0.3, 0.4) is 0 Å². The number of hydrogen-bond donors (Lipinski definition) is 1. The van der Waals surface area contributed by atoms with Crippen molar-refractivity contribution < 1.29 is 8.42 Å². The summed E-state index contributed by atoms with van der Waals surface area (Å²) >= 11 is 4.60. The molecule has 3 heterocycles. The Hall–Kier alpha value is 0.0500. The minimum Gasteiger partial charge on any atom is -0.315 e. The third kappa shape index (κ3) is 1.98. The Morgan fingerprint density at radius 2 is 2.24 bits per heavy atom. The number of thiophene rings is 1. The van der Waals surface area contributed by atoms with E-state index < -0.39 is 10.0 Å². The van der Waals surface area contributed by atoms with E-state index in [2.05, 4.69) is 21.2 Å².